The van der Waals surface area contributed by atoms with Crippen LogP contribution in [0.3, 0.4) is 0 Å². The number of imide groups is 1. The molecule has 2 aromatic rings. The zero-order valence-corrected chi connectivity index (χ0v) is 19.7. The van der Waals surface area contributed by atoms with Gasteiger partial charge in [0, 0.05) is 5.69 Å². The van der Waals surface area contributed by atoms with Crippen LogP contribution >= 0.6 is 56.9 Å². The van der Waals surface area contributed by atoms with Gasteiger partial charge in [0.2, 0.25) is 5.91 Å². The maximum Gasteiger partial charge on any atom is 0.294 e. The Bertz CT molecular complexity index is 1000. The number of aryl methyl sites for hydroxylation is 1. The van der Waals surface area contributed by atoms with E-state index in [1.54, 1.807) is 30.3 Å². The van der Waals surface area contributed by atoms with E-state index in [0.29, 0.717) is 18.4 Å². The number of hydrogen-bond acceptors (Lipinski definition) is 5. The maximum atomic E-state index is 12.6. The predicted octanol–water partition coefficient (Wildman–Crippen LogP) is 4.58. The molecule has 9 heteroatoms. The summed E-state index contributed by atoms with van der Waals surface area (Å²) in [5, 5.41) is 12.1. The second kappa shape index (κ2) is 8.82. The van der Waals surface area contributed by atoms with Gasteiger partial charge in [-0.05, 0) is 99.3 Å². The summed E-state index contributed by atoms with van der Waals surface area (Å²) in [4.78, 5) is 38.3. The molecule has 2 aromatic carbocycles. The van der Waals surface area contributed by atoms with Crippen LogP contribution in [-0.4, -0.2) is 33.6 Å². The molecule has 0 unspecified atom stereocenters. The van der Waals surface area contributed by atoms with Crippen molar-refractivity contribution in [1.82, 2.24) is 4.90 Å². The second-order valence-electron chi connectivity index (χ2n) is 5.96. The number of phenols is 1. The van der Waals surface area contributed by atoms with Crippen LogP contribution in [0.25, 0.3) is 6.08 Å². The van der Waals surface area contributed by atoms with Crippen molar-refractivity contribution in [3.8, 4) is 5.75 Å². The molecule has 0 radical (unpaired) electrons. The number of halogens is 2. The molecule has 0 atom stereocenters. The number of nitrogens with one attached hydrogen (secondary N) is 1. The number of benzene rings is 2. The Kier molecular flexibility index (Phi) is 6.65. The lowest BCUT2D eigenvalue weighted by Crippen LogP contribution is -2.36. The van der Waals surface area contributed by atoms with Crippen LogP contribution in [-0.2, 0) is 9.59 Å². The lowest BCUT2D eigenvalue weighted by Gasteiger charge is -2.13. The number of hydrogen-bond donors (Lipinski definition) is 2. The maximum absolute atomic E-state index is 12.6. The molecule has 144 valence electrons. The van der Waals surface area contributed by atoms with Gasteiger partial charge in [-0.3, -0.25) is 19.3 Å². The van der Waals surface area contributed by atoms with E-state index in [1.807, 2.05) is 64.2 Å². The molecular formula is C19H14I2N2O4S. The van der Waals surface area contributed by atoms with Crippen molar-refractivity contribution in [2.45, 2.75) is 6.92 Å². The molecule has 0 aliphatic carbocycles. The van der Waals surface area contributed by atoms with Gasteiger partial charge in [0.15, 0.2) is 0 Å². The summed E-state index contributed by atoms with van der Waals surface area (Å²) in [5.74, 6) is -0.765. The largest absolute Gasteiger partial charge is 0.506 e. The molecule has 3 amide bonds. The Balaban J connectivity index is 1.75. The molecule has 2 N–H and O–H groups in total. The molecule has 1 saturated heterocycles. The van der Waals surface area contributed by atoms with Crippen LogP contribution in [0.15, 0.2) is 41.3 Å². The summed E-state index contributed by atoms with van der Waals surface area (Å²) in [6.45, 7) is 1.51. The summed E-state index contributed by atoms with van der Waals surface area (Å²) >= 11 is 4.79. The fourth-order valence-electron chi connectivity index (χ4n) is 2.50. The van der Waals surface area contributed by atoms with Crippen molar-refractivity contribution < 1.29 is 19.5 Å². The van der Waals surface area contributed by atoms with Crippen LogP contribution in [0.2, 0.25) is 0 Å². The Hall–Kier alpha value is -1.60. The molecule has 0 aromatic heterocycles. The zero-order valence-electron chi connectivity index (χ0n) is 14.5. The average Bonchev–Trinajstić information content (AvgIpc) is 2.89. The van der Waals surface area contributed by atoms with Crippen LogP contribution in [0.4, 0.5) is 10.5 Å². The van der Waals surface area contributed by atoms with Gasteiger partial charge in [-0.1, -0.05) is 18.2 Å². The fraction of sp³-hybridized carbons (Fsp3) is 0.105. The van der Waals surface area contributed by atoms with E-state index in [4.69, 9.17) is 0 Å². The number of carbonyl (C=O) groups excluding carboxylic acids is 3. The molecule has 3 rings (SSSR count). The quantitative estimate of drug-likeness (QED) is 0.386. The first kappa shape index (κ1) is 21.1. The third-order valence-electron chi connectivity index (χ3n) is 3.93. The third-order valence-corrected chi connectivity index (χ3v) is 6.48. The van der Waals surface area contributed by atoms with Gasteiger partial charge in [-0.15, -0.1) is 0 Å². The molecule has 1 aliphatic heterocycles. The minimum Gasteiger partial charge on any atom is -0.506 e. The van der Waals surface area contributed by atoms with Gasteiger partial charge in [0.25, 0.3) is 11.1 Å². The van der Waals surface area contributed by atoms with Gasteiger partial charge in [0.1, 0.15) is 12.3 Å². The van der Waals surface area contributed by atoms with Crippen molar-refractivity contribution in [3.63, 3.8) is 0 Å². The minimum absolute atomic E-state index is 0.180. The summed E-state index contributed by atoms with van der Waals surface area (Å²) in [5.41, 5.74) is 2.23. The number of para-hydroxylation sites is 1. The molecule has 1 aliphatic rings. The fourth-order valence-corrected chi connectivity index (χ4v) is 5.16. The minimum atomic E-state index is -0.506. The number of amides is 3. The van der Waals surface area contributed by atoms with Crippen molar-refractivity contribution in [2.24, 2.45) is 0 Å². The van der Waals surface area contributed by atoms with Crippen LogP contribution in [0, 0.1) is 14.1 Å². The molecular weight excluding hydrogens is 606 g/mol. The summed E-state index contributed by atoms with van der Waals surface area (Å²) in [6, 6.07) is 10.7. The highest BCUT2D eigenvalue weighted by atomic mass is 127. The van der Waals surface area contributed by atoms with E-state index in [2.05, 4.69) is 5.32 Å². The molecule has 1 heterocycles. The first-order valence-corrected chi connectivity index (χ1v) is 11.0. The van der Waals surface area contributed by atoms with Gasteiger partial charge in [0.05, 0.1) is 12.0 Å². The van der Waals surface area contributed by atoms with E-state index in [9.17, 15) is 19.5 Å². The lowest BCUT2D eigenvalue weighted by molar-refractivity contribution is -0.127. The van der Waals surface area contributed by atoms with Crippen LogP contribution < -0.4 is 5.32 Å². The highest BCUT2D eigenvalue weighted by molar-refractivity contribution is 14.1. The monoisotopic (exact) mass is 620 g/mol. The van der Waals surface area contributed by atoms with Crippen molar-refractivity contribution in [2.75, 3.05) is 11.9 Å². The molecule has 0 bridgehead atoms. The van der Waals surface area contributed by atoms with Gasteiger partial charge in [-0.2, -0.15) is 0 Å². The van der Waals surface area contributed by atoms with E-state index in [1.165, 1.54) is 0 Å². The first-order chi connectivity index (χ1) is 13.3. The highest BCUT2D eigenvalue weighted by Gasteiger charge is 2.36. The Labute approximate surface area is 193 Å². The first-order valence-electron chi connectivity index (χ1n) is 8.05. The summed E-state index contributed by atoms with van der Waals surface area (Å²) < 4.78 is 1.29. The van der Waals surface area contributed by atoms with E-state index in [-0.39, 0.29) is 17.2 Å². The Morgan fingerprint density at radius 1 is 1.21 bits per heavy atom. The standard InChI is InChI=1S/C19H14I2N2O4S/c1-10-4-2-3-5-14(10)22-16(24)9-23-18(26)15(28-19(23)27)8-11-6-12(20)17(25)13(21)7-11/h2-8,25H,9H2,1H3,(H,22,24)/b15-8+. The number of rotatable bonds is 4. The van der Waals surface area contributed by atoms with Crippen molar-refractivity contribution in [1.29, 1.82) is 0 Å². The Morgan fingerprint density at radius 3 is 2.50 bits per heavy atom. The van der Waals surface area contributed by atoms with E-state index < -0.39 is 17.1 Å². The van der Waals surface area contributed by atoms with Crippen LogP contribution in [0.1, 0.15) is 11.1 Å². The van der Waals surface area contributed by atoms with Crippen molar-refractivity contribution >= 4 is 85.8 Å². The molecule has 1 fully saturated rings. The molecule has 0 spiro atoms. The van der Waals surface area contributed by atoms with Crippen molar-refractivity contribution in [3.05, 3.63) is 59.6 Å². The number of phenolic OH excluding ortho intramolecular Hbond substituents is 1. The van der Waals surface area contributed by atoms with E-state index >= 15 is 0 Å². The molecule has 28 heavy (non-hydrogen) atoms. The summed E-state index contributed by atoms with van der Waals surface area (Å²) in [7, 11) is 0. The summed E-state index contributed by atoms with van der Waals surface area (Å²) in [6.07, 6.45) is 1.59. The van der Waals surface area contributed by atoms with Gasteiger partial charge >= 0.3 is 0 Å². The van der Waals surface area contributed by atoms with Gasteiger partial charge < -0.3 is 10.4 Å². The average molecular weight is 620 g/mol. The highest BCUT2D eigenvalue weighted by Crippen LogP contribution is 2.34. The predicted molar refractivity (Wildman–Crippen MR) is 126 cm³/mol. The normalized spacial score (nSPS) is 15.4. The molecule has 6 nitrogen and oxygen atoms in total. The zero-order chi connectivity index (χ0) is 20.4. The third kappa shape index (κ3) is 4.69. The van der Waals surface area contributed by atoms with Gasteiger partial charge in [-0.25, -0.2) is 0 Å². The lowest BCUT2D eigenvalue weighted by atomic mass is 10.2. The Morgan fingerprint density at radius 2 is 1.86 bits per heavy atom. The number of anilines is 1. The number of aromatic hydroxyl groups is 1. The smallest absolute Gasteiger partial charge is 0.294 e. The SMILES string of the molecule is Cc1ccccc1NC(=O)CN1C(=O)S/C(=C/c2cc(I)c(O)c(I)c2)C1=O. The van der Waals surface area contributed by atoms with E-state index in [0.717, 1.165) is 22.2 Å². The molecule has 0 saturated carbocycles. The number of thioether (sulfide) groups is 1. The number of nitrogens with zero attached hydrogens (tertiary/aromatic N) is 1. The van der Waals surface area contributed by atoms with Crippen LogP contribution in [0.5, 0.6) is 5.75 Å². The topological polar surface area (TPSA) is 86.7 Å². The second-order valence-corrected chi connectivity index (χ2v) is 9.28. The number of carbonyl (C=O) groups is 3.